The zero-order valence-electron chi connectivity index (χ0n) is 12.6. The summed E-state index contributed by atoms with van der Waals surface area (Å²) in [7, 11) is 0. The minimum Gasteiger partial charge on any atom is -0.393 e. The fraction of sp³-hybridized carbons (Fsp3) is 0.471. The Kier molecular flexibility index (Phi) is 3.51. The van der Waals surface area contributed by atoms with Gasteiger partial charge in [-0.2, -0.15) is 0 Å². The topological polar surface area (TPSA) is 56.3 Å². The number of hydrogen-bond acceptors (Lipinski definition) is 4. The van der Waals surface area contributed by atoms with Crippen molar-refractivity contribution in [1.82, 2.24) is 9.88 Å². The first-order valence-electron chi connectivity index (χ1n) is 7.74. The molecule has 2 N–H and O–H groups in total. The van der Waals surface area contributed by atoms with Crippen LogP contribution in [0.25, 0.3) is 10.9 Å². The predicted octanol–water partition coefficient (Wildman–Crippen LogP) is 2.06. The lowest BCUT2D eigenvalue weighted by atomic mass is 9.74. The average molecular weight is 316 g/mol. The van der Waals surface area contributed by atoms with E-state index in [0.717, 1.165) is 40.9 Å². The highest BCUT2D eigenvalue weighted by Gasteiger charge is 2.46. The van der Waals surface area contributed by atoms with Crippen molar-refractivity contribution < 1.29 is 5.11 Å². The highest BCUT2D eigenvalue weighted by Crippen LogP contribution is 2.41. The van der Waals surface area contributed by atoms with E-state index >= 15 is 0 Å². The Hall–Kier alpha value is -1.30. The number of nitrogens with one attached hydrogen (secondary N) is 1. The molecule has 2 aliphatic rings. The SMILES string of the molecule is CSc1ccc2cc(CN3C[C@H]4C[C@@H](O)[C@H]4C3)c(=O)[nH]c2c1. The maximum Gasteiger partial charge on any atom is 0.252 e. The largest absolute Gasteiger partial charge is 0.393 e. The number of fused-ring (bicyclic) bond motifs is 2. The van der Waals surface area contributed by atoms with Crippen LogP contribution in [0.4, 0.5) is 0 Å². The van der Waals surface area contributed by atoms with Gasteiger partial charge in [0.1, 0.15) is 0 Å². The van der Waals surface area contributed by atoms with E-state index in [1.807, 2.05) is 18.4 Å². The molecule has 1 aromatic carbocycles. The number of aliphatic hydroxyl groups excluding tert-OH is 1. The van der Waals surface area contributed by atoms with Gasteiger partial charge in [-0.1, -0.05) is 6.07 Å². The second-order valence-corrected chi connectivity index (χ2v) is 7.38. The lowest BCUT2D eigenvalue weighted by molar-refractivity contribution is -0.00435. The number of pyridine rings is 1. The number of aromatic nitrogens is 1. The molecule has 3 atom stereocenters. The summed E-state index contributed by atoms with van der Waals surface area (Å²) in [6.07, 6.45) is 2.83. The van der Waals surface area contributed by atoms with E-state index in [0.29, 0.717) is 18.4 Å². The standard InChI is InChI=1S/C17H20N2O2S/c1-22-13-3-2-10-4-12(17(21)18-15(10)6-13)8-19-7-11-5-16(20)14(11)9-19/h2-4,6,11,14,16,20H,5,7-9H2,1H3,(H,18,21)/t11-,14+,16-/m1/s1. The van der Waals surface area contributed by atoms with Gasteiger partial charge in [-0.25, -0.2) is 0 Å². The Morgan fingerprint density at radius 2 is 2.23 bits per heavy atom. The summed E-state index contributed by atoms with van der Waals surface area (Å²) in [5.41, 5.74) is 1.73. The quantitative estimate of drug-likeness (QED) is 0.851. The summed E-state index contributed by atoms with van der Waals surface area (Å²) >= 11 is 1.67. The smallest absolute Gasteiger partial charge is 0.252 e. The van der Waals surface area contributed by atoms with E-state index in [4.69, 9.17) is 0 Å². The Labute approximate surface area is 133 Å². The lowest BCUT2D eigenvalue weighted by Crippen LogP contribution is -2.39. The molecule has 0 unspecified atom stereocenters. The van der Waals surface area contributed by atoms with Gasteiger partial charge >= 0.3 is 0 Å². The van der Waals surface area contributed by atoms with Gasteiger partial charge in [0.25, 0.3) is 5.56 Å². The molecule has 2 aromatic rings. The third-order valence-corrected chi connectivity index (χ3v) is 5.86. The molecule has 0 spiro atoms. The Bertz CT molecular complexity index is 773. The van der Waals surface area contributed by atoms with Crippen LogP contribution in [-0.2, 0) is 6.54 Å². The predicted molar refractivity (Wildman–Crippen MR) is 89.2 cm³/mol. The molecule has 1 saturated heterocycles. The number of aromatic amines is 1. The van der Waals surface area contributed by atoms with Crippen molar-refractivity contribution in [3.63, 3.8) is 0 Å². The number of hydrogen-bond donors (Lipinski definition) is 2. The van der Waals surface area contributed by atoms with E-state index < -0.39 is 0 Å². The van der Waals surface area contributed by atoms with E-state index in [9.17, 15) is 9.90 Å². The Balaban J connectivity index is 1.59. The van der Waals surface area contributed by atoms with Gasteiger partial charge in [0, 0.05) is 41.5 Å². The summed E-state index contributed by atoms with van der Waals surface area (Å²) < 4.78 is 0. The number of H-pyrrole nitrogens is 1. The number of aliphatic hydroxyl groups is 1. The molecule has 1 aliphatic heterocycles. The zero-order valence-corrected chi connectivity index (χ0v) is 13.4. The molecule has 4 nitrogen and oxygen atoms in total. The van der Waals surface area contributed by atoms with Crippen LogP contribution < -0.4 is 5.56 Å². The highest BCUT2D eigenvalue weighted by molar-refractivity contribution is 7.98. The van der Waals surface area contributed by atoms with Crippen LogP contribution in [0, 0.1) is 11.8 Å². The van der Waals surface area contributed by atoms with Crippen LogP contribution in [0.2, 0.25) is 0 Å². The van der Waals surface area contributed by atoms with E-state index in [1.165, 1.54) is 0 Å². The van der Waals surface area contributed by atoms with E-state index in [1.54, 1.807) is 11.8 Å². The van der Waals surface area contributed by atoms with Crippen LogP contribution in [0.1, 0.15) is 12.0 Å². The molecule has 1 saturated carbocycles. The van der Waals surface area contributed by atoms with Crippen molar-refractivity contribution in [3.05, 3.63) is 40.2 Å². The Morgan fingerprint density at radius 1 is 1.36 bits per heavy atom. The molecule has 0 amide bonds. The fourth-order valence-corrected chi connectivity index (χ4v) is 4.24. The van der Waals surface area contributed by atoms with Crippen molar-refractivity contribution in [3.8, 4) is 0 Å². The zero-order chi connectivity index (χ0) is 15.3. The van der Waals surface area contributed by atoms with Crippen molar-refractivity contribution in [1.29, 1.82) is 0 Å². The molecule has 2 fully saturated rings. The number of rotatable bonds is 3. The second-order valence-electron chi connectivity index (χ2n) is 6.50. The first-order valence-corrected chi connectivity index (χ1v) is 8.97. The normalized spacial score (nSPS) is 27.8. The first-order chi connectivity index (χ1) is 10.6. The minimum absolute atomic E-state index is 0.00514. The van der Waals surface area contributed by atoms with E-state index in [-0.39, 0.29) is 11.7 Å². The fourth-order valence-electron chi connectivity index (χ4n) is 3.80. The third kappa shape index (κ3) is 2.37. The summed E-state index contributed by atoms with van der Waals surface area (Å²) in [6.45, 7) is 2.59. The molecule has 4 rings (SSSR count). The molecule has 0 radical (unpaired) electrons. The number of nitrogens with zero attached hydrogens (tertiary/aromatic N) is 1. The molecule has 22 heavy (non-hydrogen) atoms. The van der Waals surface area contributed by atoms with Gasteiger partial charge in [-0.15, -0.1) is 11.8 Å². The average Bonchev–Trinajstić information content (AvgIpc) is 2.84. The molecular weight excluding hydrogens is 296 g/mol. The van der Waals surface area contributed by atoms with Crippen LogP contribution in [-0.4, -0.2) is 40.4 Å². The van der Waals surface area contributed by atoms with Crippen molar-refractivity contribution in [2.75, 3.05) is 19.3 Å². The number of benzene rings is 1. The van der Waals surface area contributed by atoms with Crippen LogP contribution in [0.5, 0.6) is 0 Å². The number of likely N-dealkylation sites (tertiary alicyclic amines) is 1. The minimum atomic E-state index is -0.130. The molecular formula is C17H20N2O2S. The van der Waals surface area contributed by atoms with Gasteiger partial charge in [-0.3, -0.25) is 9.69 Å². The maximum atomic E-state index is 12.3. The molecule has 116 valence electrons. The molecule has 1 aliphatic carbocycles. The van der Waals surface area contributed by atoms with Gasteiger partial charge in [0.05, 0.1) is 6.10 Å². The van der Waals surface area contributed by atoms with Gasteiger partial charge < -0.3 is 10.1 Å². The summed E-state index contributed by atoms with van der Waals surface area (Å²) in [6, 6.07) is 8.19. The molecule has 0 bridgehead atoms. The summed E-state index contributed by atoms with van der Waals surface area (Å²) in [4.78, 5) is 18.8. The summed E-state index contributed by atoms with van der Waals surface area (Å²) in [5.74, 6) is 1.04. The van der Waals surface area contributed by atoms with Crippen LogP contribution in [0.3, 0.4) is 0 Å². The maximum absolute atomic E-state index is 12.3. The Morgan fingerprint density at radius 3 is 2.95 bits per heavy atom. The third-order valence-electron chi connectivity index (χ3n) is 5.13. The molecule has 2 heterocycles. The monoisotopic (exact) mass is 316 g/mol. The second kappa shape index (κ2) is 5.41. The van der Waals surface area contributed by atoms with Gasteiger partial charge in [0.2, 0.25) is 0 Å². The highest BCUT2D eigenvalue weighted by atomic mass is 32.2. The lowest BCUT2D eigenvalue weighted by Gasteiger charge is -2.35. The van der Waals surface area contributed by atoms with Crippen LogP contribution in [0.15, 0.2) is 34.0 Å². The van der Waals surface area contributed by atoms with Crippen molar-refractivity contribution in [2.24, 2.45) is 11.8 Å². The van der Waals surface area contributed by atoms with Crippen molar-refractivity contribution >= 4 is 22.7 Å². The van der Waals surface area contributed by atoms with Crippen molar-refractivity contribution in [2.45, 2.75) is 24.0 Å². The van der Waals surface area contributed by atoms with Gasteiger partial charge in [0.15, 0.2) is 0 Å². The molecule has 5 heteroatoms. The van der Waals surface area contributed by atoms with Crippen LogP contribution >= 0.6 is 11.8 Å². The number of thioether (sulfide) groups is 1. The van der Waals surface area contributed by atoms with E-state index in [2.05, 4.69) is 22.0 Å². The first kappa shape index (κ1) is 14.3. The van der Waals surface area contributed by atoms with Gasteiger partial charge in [-0.05, 0) is 42.2 Å². The molecule has 1 aromatic heterocycles. The summed E-state index contributed by atoms with van der Waals surface area (Å²) in [5, 5.41) is 10.8.